The highest BCUT2D eigenvalue weighted by Gasteiger charge is 2.40. The maximum absolute atomic E-state index is 10.3. The predicted molar refractivity (Wildman–Crippen MR) is 94.3 cm³/mol. The first kappa shape index (κ1) is 32.5. The molecule has 0 rings (SSSR count). The minimum Gasteiger partial charge on any atom is -0.481 e. The van der Waals surface area contributed by atoms with Crippen molar-refractivity contribution in [2.75, 3.05) is 11.5 Å². The van der Waals surface area contributed by atoms with E-state index in [0.717, 1.165) is 0 Å². The molecule has 0 aromatic carbocycles. The van der Waals surface area contributed by atoms with E-state index in [0.29, 0.717) is 12.2 Å². The lowest BCUT2D eigenvalue weighted by atomic mass is 9.96. The summed E-state index contributed by atoms with van der Waals surface area (Å²) in [6, 6.07) is 0. The van der Waals surface area contributed by atoms with Crippen LogP contribution in [0.15, 0.2) is 12.2 Å². The van der Waals surface area contributed by atoms with E-state index < -0.39 is 80.0 Å². The average molecular weight is 498 g/mol. The van der Waals surface area contributed by atoms with Gasteiger partial charge in [0.15, 0.2) is 5.60 Å². The summed E-state index contributed by atoms with van der Waals surface area (Å²) >= 11 is 0. The molecule has 0 amide bonds. The SMILES string of the molecule is O=C(O)/C=C/C(=O)O.O=C(O)CC(O)(CC(=O)O)C(=O)O.O=S(=O)(O)CCS(=O)(=O)O. The minimum atomic E-state index is -4.30. The van der Waals surface area contributed by atoms with E-state index in [-0.39, 0.29) is 0 Å². The number of aliphatic carboxylic acids is 5. The predicted octanol–water partition coefficient (Wildman–Crippen LogP) is -2.77. The van der Waals surface area contributed by atoms with Gasteiger partial charge < -0.3 is 30.6 Å². The number of hydrogen-bond acceptors (Lipinski definition) is 10. The first-order valence-corrected chi connectivity index (χ1v) is 10.3. The maximum atomic E-state index is 10.3. The summed E-state index contributed by atoms with van der Waals surface area (Å²) in [4.78, 5) is 49.6. The molecule has 0 spiro atoms. The van der Waals surface area contributed by atoms with Crippen molar-refractivity contribution in [1.82, 2.24) is 0 Å². The molecule has 31 heavy (non-hydrogen) atoms. The summed E-state index contributed by atoms with van der Waals surface area (Å²) in [5, 5.41) is 49.4. The Bertz CT molecular complexity index is 831. The monoisotopic (exact) mass is 498 g/mol. The third-order valence-corrected chi connectivity index (χ3v) is 3.95. The number of hydrogen-bond donors (Lipinski definition) is 8. The van der Waals surface area contributed by atoms with Crippen molar-refractivity contribution >= 4 is 50.1 Å². The highest BCUT2D eigenvalue weighted by molar-refractivity contribution is 7.89. The molecule has 0 saturated carbocycles. The quantitative estimate of drug-likeness (QED) is 0.111. The van der Waals surface area contributed by atoms with Gasteiger partial charge in [-0.3, -0.25) is 18.7 Å². The van der Waals surface area contributed by atoms with Crippen LogP contribution in [0.5, 0.6) is 0 Å². The molecule has 0 atom stereocenters. The standard InChI is InChI=1S/C6H8O7.C4H4O4.C2H6O6S2/c7-3(8)1-6(13,5(11)12)2-4(9)10;5-3(6)1-2-4(7)8;3-9(4,5)1-2-10(6,7)8/h13H,1-2H2,(H,7,8)(H,9,10)(H,11,12);1-2H,(H,5,6)(H,7,8);1-2H2,(H,3,4,5)(H,6,7,8)/b;2-1+;. The summed E-state index contributed by atoms with van der Waals surface area (Å²) in [6.07, 6.45) is -1.17. The van der Waals surface area contributed by atoms with Crippen LogP contribution in [0.2, 0.25) is 0 Å². The average Bonchev–Trinajstić information content (AvgIpc) is 2.49. The first-order chi connectivity index (χ1) is 13.6. The fourth-order valence-electron chi connectivity index (χ4n) is 1.07. The van der Waals surface area contributed by atoms with Crippen molar-refractivity contribution in [2.45, 2.75) is 18.4 Å². The highest BCUT2D eigenvalue weighted by Crippen LogP contribution is 2.15. The normalized spacial score (nSPS) is 11.3. The molecule has 0 aliphatic carbocycles. The number of carboxylic acids is 5. The largest absolute Gasteiger partial charge is 0.481 e. The van der Waals surface area contributed by atoms with Crippen LogP contribution >= 0.6 is 0 Å². The van der Waals surface area contributed by atoms with Gasteiger partial charge in [-0.25, -0.2) is 14.4 Å². The van der Waals surface area contributed by atoms with Gasteiger partial charge >= 0.3 is 29.8 Å². The van der Waals surface area contributed by atoms with Crippen LogP contribution in [0.3, 0.4) is 0 Å². The number of carbonyl (C=O) groups is 5. The van der Waals surface area contributed by atoms with E-state index in [1.165, 1.54) is 0 Å². The lowest BCUT2D eigenvalue weighted by molar-refractivity contribution is -0.170. The summed E-state index contributed by atoms with van der Waals surface area (Å²) in [6.45, 7) is 0. The van der Waals surface area contributed by atoms with Gasteiger partial charge in [-0.2, -0.15) is 16.8 Å². The Hall–Kier alpha value is -3.13. The molecule has 0 bridgehead atoms. The summed E-state index contributed by atoms with van der Waals surface area (Å²) < 4.78 is 55.4. The lowest BCUT2D eigenvalue weighted by Crippen LogP contribution is -2.42. The molecule has 0 unspecified atom stereocenters. The molecule has 0 saturated heterocycles. The third-order valence-electron chi connectivity index (χ3n) is 2.25. The topological polar surface area (TPSA) is 315 Å². The van der Waals surface area contributed by atoms with Gasteiger partial charge in [0.2, 0.25) is 0 Å². The molecular weight excluding hydrogens is 480 g/mol. The van der Waals surface area contributed by atoms with Crippen LogP contribution in [0.25, 0.3) is 0 Å². The Morgan fingerprint density at radius 2 is 0.903 bits per heavy atom. The summed E-state index contributed by atoms with van der Waals surface area (Å²) in [5.74, 6) is -9.49. The van der Waals surface area contributed by atoms with Gasteiger partial charge in [-0.15, -0.1) is 0 Å². The van der Waals surface area contributed by atoms with E-state index in [1.54, 1.807) is 0 Å². The van der Waals surface area contributed by atoms with Gasteiger partial charge in [0, 0.05) is 12.2 Å². The van der Waals surface area contributed by atoms with Crippen LogP contribution in [0.1, 0.15) is 12.8 Å². The number of aliphatic hydroxyl groups is 1. The zero-order valence-corrected chi connectivity index (χ0v) is 16.7. The molecule has 0 aliphatic heterocycles. The fourth-order valence-corrected chi connectivity index (χ4v) is 2.75. The van der Waals surface area contributed by atoms with Crippen molar-refractivity contribution in [2.24, 2.45) is 0 Å². The molecule has 19 heteroatoms. The molecule has 0 fully saturated rings. The van der Waals surface area contributed by atoms with Crippen LogP contribution in [0, 0.1) is 0 Å². The van der Waals surface area contributed by atoms with Crippen molar-refractivity contribution in [1.29, 1.82) is 0 Å². The van der Waals surface area contributed by atoms with Crippen molar-refractivity contribution < 1.29 is 80.6 Å². The van der Waals surface area contributed by atoms with Crippen LogP contribution in [-0.2, 0) is 44.2 Å². The van der Waals surface area contributed by atoms with Crippen molar-refractivity contribution in [3.05, 3.63) is 12.2 Å². The van der Waals surface area contributed by atoms with E-state index in [1.807, 2.05) is 0 Å². The van der Waals surface area contributed by atoms with Crippen LogP contribution in [-0.4, -0.2) is 104 Å². The molecule has 0 aliphatic rings. The lowest BCUT2D eigenvalue weighted by Gasteiger charge is -2.18. The summed E-state index contributed by atoms with van der Waals surface area (Å²) in [7, 11) is -8.59. The van der Waals surface area contributed by atoms with Gasteiger partial charge in [-0.05, 0) is 0 Å². The minimum absolute atomic E-state index is 0.558. The van der Waals surface area contributed by atoms with Crippen LogP contribution < -0.4 is 0 Å². The first-order valence-electron chi connectivity index (χ1n) is 7.05. The second-order valence-electron chi connectivity index (χ2n) is 5.06. The zero-order chi connectivity index (χ0) is 25.6. The maximum Gasteiger partial charge on any atom is 0.336 e. The zero-order valence-electron chi connectivity index (χ0n) is 15.1. The van der Waals surface area contributed by atoms with Gasteiger partial charge in [0.25, 0.3) is 20.2 Å². The molecule has 180 valence electrons. The van der Waals surface area contributed by atoms with Crippen LogP contribution in [0.4, 0.5) is 0 Å². The van der Waals surface area contributed by atoms with Crippen molar-refractivity contribution in [3.8, 4) is 0 Å². The van der Waals surface area contributed by atoms with E-state index >= 15 is 0 Å². The Labute approximate surface area is 173 Å². The Morgan fingerprint density at radius 1 is 0.645 bits per heavy atom. The Balaban J connectivity index is -0.000000392. The van der Waals surface area contributed by atoms with E-state index in [4.69, 9.17) is 39.7 Å². The second kappa shape index (κ2) is 14.0. The fraction of sp³-hybridized carbons (Fsp3) is 0.417. The van der Waals surface area contributed by atoms with E-state index in [9.17, 15) is 40.8 Å². The number of rotatable bonds is 10. The third kappa shape index (κ3) is 26.9. The molecule has 8 N–H and O–H groups in total. The Morgan fingerprint density at radius 3 is 1.03 bits per heavy atom. The van der Waals surface area contributed by atoms with Gasteiger partial charge in [0.1, 0.15) is 0 Å². The van der Waals surface area contributed by atoms with Gasteiger partial charge in [-0.1, -0.05) is 0 Å². The summed E-state index contributed by atoms with van der Waals surface area (Å²) in [5.41, 5.74) is -2.74. The molecule has 17 nitrogen and oxygen atoms in total. The molecular formula is C12H18O17S2. The number of carboxylic acid groups (broad SMARTS) is 5. The molecule has 0 radical (unpaired) electrons. The van der Waals surface area contributed by atoms with E-state index in [2.05, 4.69) is 0 Å². The van der Waals surface area contributed by atoms with Gasteiger partial charge in [0.05, 0.1) is 24.3 Å². The highest BCUT2D eigenvalue weighted by atomic mass is 32.2. The Kier molecular flexibility index (Phi) is 14.7. The second-order valence-corrected chi connectivity index (χ2v) is 8.20. The smallest absolute Gasteiger partial charge is 0.336 e. The molecule has 0 heterocycles. The molecule has 0 aromatic rings. The molecule has 0 aromatic heterocycles. The van der Waals surface area contributed by atoms with Crippen molar-refractivity contribution in [3.63, 3.8) is 0 Å².